The third kappa shape index (κ3) is 2.24. The van der Waals surface area contributed by atoms with Crippen molar-refractivity contribution in [3.8, 4) is 0 Å². The summed E-state index contributed by atoms with van der Waals surface area (Å²) < 4.78 is 0.777. The summed E-state index contributed by atoms with van der Waals surface area (Å²) in [5, 5.41) is 9.47. The molecule has 1 aliphatic heterocycles. The Morgan fingerprint density at radius 2 is 2.33 bits per heavy atom. The normalized spacial score (nSPS) is 16.3. The van der Waals surface area contributed by atoms with Crippen LogP contribution in [0.4, 0.5) is 0 Å². The molecule has 0 spiro atoms. The van der Waals surface area contributed by atoms with Gasteiger partial charge in [-0.3, -0.25) is 4.79 Å². The molecular weight excluding hydrogens is 330 g/mol. The molecule has 2 rings (SSSR count). The van der Waals surface area contributed by atoms with Crippen molar-refractivity contribution in [1.82, 2.24) is 9.88 Å². The second-order valence-corrected chi connectivity index (χ2v) is 4.90. The van der Waals surface area contributed by atoms with Crippen molar-refractivity contribution < 1.29 is 9.90 Å². The second kappa shape index (κ2) is 4.23. The van der Waals surface area contributed by atoms with Crippen molar-refractivity contribution in [2.24, 2.45) is 0 Å². The van der Waals surface area contributed by atoms with Gasteiger partial charge in [0.15, 0.2) is 0 Å². The van der Waals surface area contributed by atoms with Crippen LogP contribution in [0.3, 0.4) is 0 Å². The second-order valence-electron chi connectivity index (χ2n) is 3.35. The number of pyridine rings is 1. The van der Waals surface area contributed by atoms with E-state index in [-0.39, 0.29) is 12.0 Å². The smallest absolute Gasteiger partial charge is 0.256 e. The molecule has 1 aliphatic rings. The highest BCUT2D eigenvalue weighted by Crippen LogP contribution is 2.19. The molecule has 80 valence electrons. The molecule has 15 heavy (non-hydrogen) atoms. The molecule has 1 saturated heterocycles. The van der Waals surface area contributed by atoms with Crippen LogP contribution in [0.25, 0.3) is 0 Å². The lowest BCUT2D eigenvalue weighted by molar-refractivity contribution is 0.00579. The number of aliphatic hydroxyl groups is 1. The molecule has 1 aromatic rings. The van der Waals surface area contributed by atoms with Crippen molar-refractivity contribution in [3.05, 3.63) is 26.5 Å². The maximum atomic E-state index is 11.8. The van der Waals surface area contributed by atoms with Crippen molar-refractivity contribution in [2.75, 3.05) is 13.1 Å². The Kier molecular flexibility index (Phi) is 3.13. The number of aromatic nitrogens is 1. The van der Waals surface area contributed by atoms with Crippen LogP contribution < -0.4 is 0 Å². The Hall–Kier alpha value is -0.400. The lowest BCUT2D eigenvalue weighted by atomic mass is 10.1. The number of hydrogen-bond donors (Lipinski definition) is 1. The van der Waals surface area contributed by atoms with Gasteiger partial charge in [0.1, 0.15) is 5.15 Å². The molecule has 0 saturated carbocycles. The number of carbonyl (C=O) groups excluding carboxylic acids is 1. The Morgan fingerprint density at radius 3 is 2.87 bits per heavy atom. The summed E-state index contributed by atoms with van der Waals surface area (Å²) >= 11 is 7.74. The average molecular weight is 339 g/mol. The van der Waals surface area contributed by atoms with E-state index >= 15 is 0 Å². The molecule has 2 heterocycles. The largest absolute Gasteiger partial charge is 0.389 e. The molecule has 6 heteroatoms. The first kappa shape index (κ1) is 11.1. The van der Waals surface area contributed by atoms with Gasteiger partial charge in [0.05, 0.1) is 11.7 Å². The number of hydrogen-bond acceptors (Lipinski definition) is 3. The van der Waals surface area contributed by atoms with E-state index in [0.717, 1.165) is 3.57 Å². The van der Waals surface area contributed by atoms with Gasteiger partial charge in [-0.25, -0.2) is 4.98 Å². The monoisotopic (exact) mass is 338 g/mol. The lowest BCUT2D eigenvalue weighted by Gasteiger charge is -2.35. The predicted molar refractivity (Wildman–Crippen MR) is 63.9 cm³/mol. The summed E-state index contributed by atoms with van der Waals surface area (Å²) in [5.41, 5.74) is 0.534. The highest BCUT2D eigenvalue weighted by atomic mass is 127. The minimum absolute atomic E-state index is 0.103. The highest BCUT2D eigenvalue weighted by Gasteiger charge is 2.30. The molecule has 0 aliphatic carbocycles. The zero-order chi connectivity index (χ0) is 11.0. The molecule has 1 fully saturated rings. The Balaban J connectivity index is 2.19. The van der Waals surface area contributed by atoms with E-state index in [1.54, 1.807) is 11.0 Å². The topological polar surface area (TPSA) is 53.4 Å². The van der Waals surface area contributed by atoms with Gasteiger partial charge in [0.25, 0.3) is 5.91 Å². The number of β-amino-alcohol motifs (C(OH)–C–C–N with tert-alkyl or cyclic N) is 1. The van der Waals surface area contributed by atoms with Gasteiger partial charge in [-0.15, -0.1) is 0 Å². The number of rotatable bonds is 1. The van der Waals surface area contributed by atoms with E-state index in [4.69, 9.17) is 16.7 Å². The first-order valence-corrected chi connectivity index (χ1v) is 5.82. The minimum Gasteiger partial charge on any atom is -0.389 e. The summed E-state index contributed by atoms with van der Waals surface area (Å²) in [7, 11) is 0. The molecule has 0 bridgehead atoms. The number of nitrogens with zero attached hydrogens (tertiary/aromatic N) is 2. The minimum atomic E-state index is -0.383. The quantitative estimate of drug-likeness (QED) is 0.617. The van der Waals surface area contributed by atoms with Gasteiger partial charge in [-0.05, 0) is 28.7 Å². The van der Waals surface area contributed by atoms with Gasteiger partial charge in [-0.2, -0.15) is 0 Å². The first-order valence-electron chi connectivity index (χ1n) is 4.36. The Labute approximate surface area is 105 Å². The fraction of sp³-hybridized carbons (Fsp3) is 0.333. The lowest BCUT2D eigenvalue weighted by Crippen LogP contribution is -2.53. The van der Waals surface area contributed by atoms with Gasteiger partial charge in [0.2, 0.25) is 0 Å². The fourth-order valence-electron chi connectivity index (χ4n) is 1.36. The third-order valence-electron chi connectivity index (χ3n) is 2.20. The van der Waals surface area contributed by atoms with Crippen molar-refractivity contribution in [1.29, 1.82) is 0 Å². The van der Waals surface area contributed by atoms with Crippen LogP contribution in [-0.2, 0) is 0 Å². The van der Waals surface area contributed by atoms with Crippen LogP contribution in [0.1, 0.15) is 10.4 Å². The SMILES string of the molecule is O=C(c1cnc(Cl)cc1I)N1CC(O)C1. The van der Waals surface area contributed by atoms with Crippen molar-refractivity contribution in [2.45, 2.75) is 6.10 Å². The first-order chi connectivity index (χ1) is 7.08. The van der Waals surface area contributed by atoms with E-state index < -0.39 is 0 Å². The maximum Gasteiger partial charge on any atom is 0.256 e. The van der Waals surface area contributed by atoms with Crippen LogP contribution in [-0.4, -0.2) is 40.1 Å². The Morgan fingerprint density at radius 1 is 1.67 bits per heavy atom. The number of likely N-dealkylation sites (tertiary alicyclic amines) is 1. The van der Waals surface area contributed by atoms with Crippen LogP contribution in [0, 0.1) is 3.57 Å². The number of amides is 1. The van der Waals surface area contributed by atoms with Gasteiger partial charge in [0, 0.05) is 22.9 Å². The molecule has 4 nitrogen and oxygen atoms in total. The molecule has 0 radical (unpaired) electrons. The van der Waals surface area contributed by atoms with E-state index in [0.29, 0.717) is 23.8 Å². The fourth-order valence-corrected chi connectivity index (χ4v) is 2.36. The van der Waals surface area contributed by atoms with Crippen LogP contribution in [0.15, 0.2) is 12.3 Å². The van der Waals surface area contributed by atoms with Gasteiger partial charge in [-0.1, -0.05) is 11.6 Å². The van der Waals surface area contributed by atoms with E-state index in [2.05, 4.69) is 4.98 Å². The number of carbonyl (C=O) groups is 1. The van der Waals surface area contributed by atoms with Crippen molar-refractivity contribution >= 4 is 40.1 Å². The summed E-state index contributed by atoms with van der Waals surface area (Å²) in [6, 6.07) is 1.64. The summed E-state index contributed by atoms with van der Waals surface area (Å²) in [6.45, 7) is 0.801. The van der Waals surface area contributed by atoms with Gasteiger partial charge >= 0.3 is 0 Å². The molecule has 0 aromatic carbocycles. The van der Waals surface area contributed by atoms with E-state index in [1.165, 1.54) is 6.20 Å². The van der Waals surface area contributed by atoms with Crippen LogP contribution >= 0.6 is 34.2 Å². The van der Waals surface area contributed by atoms with Crippen LogP contribution in [0.5, 0.6) is 0 Å². The zero-order valence-corrected chi connectivity index (χ0v) is 10.6. The predicted octanol–water partition coefficient (Wildman–Crippen LogP) is 1.16. The van der Waals surface area contributed by atoms with Gasteiger partial charge < -0.3 is 10.0 Å². The molecule has 1 amide bonds. The molecule has 0 unspecified atom stereocenters. The Bertz CT molecular complexity index is 407. The van der Waals surface area contributed by atoms with Crippen LogP contribution in [0.2, 0.25) is 5.15 Å². The molecule has 1 N–H and O–H groups in total. The highest BCUT2D eigenvalue weighted by molar-refractivity contribution is 14.1. The van der Waals surface area contributed by atoms with E-state index in [1.807, 2.05) is 22.6 Å². The zero-order valence-electron chi connectivity index (χ0n) is 7.65. The molecular formula is C9H8ClIN2O2. The average Bonchev–Trinajstić information content (AvgIpc) is 2.12. The number of halogens is 2. The standard InChI is InChI=1S/C9H8ClIN2O2/c10-8-1-7(11)6(2-12-8)9(15)13-3-5(14)4-13/h1-2,5,14H,3-4H2. The number of aliphatic hydroxyl groups excluding tert-OH is 1. The summed E-state index contributed by atoms with van der Waals surface area (Å²) in [4.78, 5) is 17.3. The summed E-state index contributed by atoms with van der Waals surface area (Å²) in [5.74, 6) is -0.103. The summed E-state index contributed by atoms with van der Waals surface area (Å²) in [6.07, 6.45) is 1.09. The maximum absolute atomic E-state index is 11.8. The molecule has 0 atom stereocenters. The third-order valence-corrected chi connectivity index (χ3v) is 3.30. The molecule has 1 aromatic heterocycles. The van der Waals surface area contributed by atoms with Crippen molar-refractivity contribution in [3.63, 3.8) is 0 Å². The van der Waals surface area contributed by atoms with E-state index in [9.17, 15) is 4.79 Å².